The second-order valence-corrected chi connectivity index (χ2v) is 7.67. The van der Waals surface area contributed by atoms with E-state index in [1.165, 1.54) is 24.0 Å². The number of hydrogen-bond donors (Lipinski definition) is 2. The molecule has 1 aliphatic carbocycles. The largest absolute Gasteiger partial charge is 0.396 e. The van der Waals surface area contributed by atoms with Crippen LogP contribution < -0.4 is 5.32 Å². The van der Waals surface area contributed by atoms with Gasteiger partial charge in [0.2, 0.25) is 0 Å². The number of piperidine rings is 1. The number of carbonyl (C=O) groups excluding carboxylic acids is 1. The molecule has 1 atom stereocenters. The highest BCUT2D eigenvalue weighted by molar-refractivity contribution is 5.75. The van der Waals surface area contributed by atoms with Crippen molar-refractivity contribution in [3.63, 3.8) is 0 Å². The molecule has 3 rings (SSSR count). The highest BCUT2D eigenvalue weighted by Crippen LogP contribution is 2.41. The van der Waals surface area contributed by atoms with Gasteiger partial charge in [-0.1, -0.05) is 36.8 Å². The first-order chi connectivity index (χ1) is 11.6. The highest BCUT2D eigenvalue weighted by Gasteiger charge is 2.37. The lowest BCUT2D eigenvalue weighted by Gasteiger charge is -2.40. The van der Waals surface area contributed by atoms with Crippen molar-refractivity contribution in [1.82, 2.24) is 10.2 Å². The Kier molecular flexibility index (Phi) is 5.14. The van der Waals surface area contributed by atoms with Crippen LogP contribution >= 0.6 is 0 Å². The number of likely N-dealkylation sites (tertiary alicyclic amines) is 1. The van der Waals surface area contributed by atoms with Gasteiger partial charge in [-0.2, -0.15) is 0 Å². The van der Waals surface area contributed by atoms with Gasteiger partial charge >= 0.3 is 6.03 Å². The molecule has 1 saturated carbocycles. The smallest absolute Gasteiger partial charge is 0.317 e. The molecule has 4 nitrogen and oxygen atoms in total. The molecule has 0 aromatic heterocycles. The quantitative estimate of drug-likeness (QED) is 0.866. The van der Waals surface area contributed by atoms with Gasteiger partial charge in [0.05, 0.1) is 6.04 Å². The third-order valence-electron chi connectivity index (χ3n) is 6.01. The van der Waals surface area contributed by atoms with E-state index in [0.717, 1.165) is 32.4 Å². The van der Waals surface area contributed by atoms with E-state index in [9.17, 15) is 9.90 Å². The summed E-state index contributed by atoms with van der Waals surface area (Å²) in [6.45, 7) is 5.93. The summed E-state index contributed by atoms with van der Waals surface area (Å²) < 4.78 is 0. The van der Waals surface area contributed by atoms with Crippen LogP contribution in [0.2, 0.25) is 0 Å². The standard InChI is InChI=1S/C20H30N2O2/c1-3-20(14-23)10-12-22(13-11-20)19(24)21-18(17-8-9-17)16-6-4-15(2)5-7-16/h4-7,17-18,23H,3,8-14H2,1-2H3,(H,21,24). The monoisotopic (exact) mass is 330 g/mol. The highest BCUT2D eigenvalue weighted by atomic mass is 16.3. The maximum Gasteiger partial charge on any atom is 0.317 e. The number of nitrogens with one attached hydrogen (secondary N) is 1. The van der Waals surface area contributed by atoms with E-state index < -0.39 is 0 Å². The Hall–Kier alpha value is -1.55. The van der Waals surface area contributed by atoms with Crippen molar-refractivity contribution in [2.24, 2.45) is 11.3 Å². The summed E-state index contributed by atoms with van der Waals surface area (Å²) in [5.74, 6) is 0.577. The molecule has 1 aliphatic heterocycles. The number of aryl methyl sites for hydroxylation is 1. The Balaban J connectivity index is 1.62. The molecule has 2 fully saturated rings. The molecule has 1 saturated heterocycles. The van der Waals surface area contributed by atoms with E-state index in [-0.39, 0.29) is 24.1 Å². The molecule has 132 valence electrons. The van der Waals surface area contributed by atoms with Crippen LogP contribution in [0.1, 0.15) is 56.2 Å². The first kappa shape index (κ1) is 17.3. The van der Waals surface area contributed by atoms with Gasteiger partial charge in [-0.05, 0) is 55.9 Å². The fourth-order valence-corrected chi connectivity index (χ4v) is 3.71. The number of hydrogen-bond acceptors (Lipinski definition) is 2. The number of aliphatic hydroxyl groups is 1. The van der Waals surface area contributed by atoms with Crippen molar-refractivity contribution in [3.8, 4) is 0 Å². The topological polar surface area (TPSA) is 52.6 Å². The minimum absolute atomic E-state index is 0.0175. The van der Waals surface area contributed by atoms with Gasteiger partial charge in [0.1, 0.15) is 0 Å². The van der Waals surface area contributed by atoms with Crippen molar-refractivity contribution in [2.45, 2.75) is 52.0 Å². The van der Waals surface area contributed by atoms with Gasteiger partial charge in [-0.3, -0.25) is 0 Å². The Labute approximate surface area is 145 Å². The maximum atomic E-state index is 12.7. The molecule has 2 N–H and O–H groups in total. The average Bonchev–Trinajstić information content (AvgIpc) is 3.45. The van der Waals surface area contributed by atoms with Crippen LogP contribution in [0.25, 0.3) is 0 Å². The molecule has 0 radical (unpaired) electrons. The Morgan fingerprint density at radius 3 is 2.42 bits per heavy atom. The number of rotatable bonds is 5. The molecule has 1 heterocycles. The summed E-state index contributed by atoms with van der Waals surface area (Å²) >= 11 is 0. The van der Waals surface area contributed by atoms with E-state index in [2.05, 4.69) is 43.4 Å². The number of nitrogens with zero attached hydrogens (tertiary/aromatic N) is 1. The zero-order valence-corrected chi connectivity index (χ0v) is 14.9. The summed E-state index contributed by atoms with van der Waals surface area (Å²) in [4.78, 5) is 14.6. The lowest BCUT2D eigenvalue weighted by atomic mass is 9.77. The van der Waals surface area contributed by atoms with E-state index >= 15 is 0 Å². The van der Waals surface area contributed by atoms with Crippen LogP contribution in [0.4, 0.5) is 4.79 Å². The number of amides is 2. The summed E-state index contributed by atoms with van der Waals surface area (Å²) in [5.41, 5.74) is 2.48. The molecule has 24 heavy (non-hydrogen) atoms. The van der Waals surface area contributed by atoms with Gasteiger partial charge in [-0.25, -0.2) is 4.79 Å². The average molecular weight is 330 g/mol. The van der Waals surface area contributed by atoms with Crippen molar-refractivity contribution in [3.05, 3.63) is 35.4 Å². The third-order valence-corrected chi connectivity index (χ3v) is 6.01. The lowest BCUT2D eigenvalue weighted by molar-refractivity contribution is 0.0513. The van der Waals surface area contributed by atoms with Crippen molar-refractivity contribution in [1.29, 1.82) is 0 Å². The van der Waals surface area contributed by atoms with Crippen molar-refractivity contribution >= 4 is 6.03 Å². The zero-order valence-electron chi connectivity index (χ0n) is 14.9. The Bertz CT molecular complexity index is 552. The van der Waals surface area contributed by atoms with Gasteiger partial charge in [0, 0.05) is 19.7 Å². The third kappa shape index (κ3) is 3.75. The molecule has 2 aliphatic rings. The fourth-order valence-electron chi connectivity index (χ4n) is 3.71. The molecule has 2 amide bonds. The number of aliphatic hydroxyl groups excluding tert-OH is 1. The van der Waals surface area contributed by atoms with E-state index in [4.69, 9.17) is 0 Å². The van der Waals surface area contributed by atoms with Crippen LogP contribution in [0.15, 0.2) is 24.3 Å². The molecule has 1 unspecified atom stereocenters. The van der Waals surface area contributed by atoms with Gasteiger partial charge in [0.15, 0.2) is 0 Å². The van der Waals surface area contributed by atoms with Crippen molar-refractivity contribution < 1.29 is 9.90 Å². The summed E-state index contributed by atoms with van der Waals surface area (Å²) in [6.07, 6.45) is 5.16. The summed E-state index contributed by atoms with van der Waals surface area (Å²) in [7, 11) is 0. The zero-order chi connectivity index (χ0) is 17.2. The number of carbonyl (C=O) groups is 1. The van der Waals surface area contributed by atoms with E-state index in [0.29, 0.717) is 5.92 Å². The molecular formula is C20H30N2O2. The second-order valence-electron chi connectivity index (χ2n) is 7.67. The molecular weight excluding hydrogens is 300 g/mol. The van der Waals surface area contributed by atoms with Crippen LogP contribution in [0.3, 0.4) is 0 Å². The molecule has 0 bridgehead atoms. The minimum Gasteiger partial charge on any atom is -0.396 e. The molecule has 1 aromatic rings. The van der Waals surface area contributed by atoms with Crippen LogP contribution in [0, 0.1) is 18.3 Å². The Morgan fingerprint density at radius 1 is 1.29 bits per heavy atom. The maximum absolute atomic E-state index is 12.7. The summed E-state index contributed by atoms with van der Waals surface area (Å²) in [5, 5.41) is 12.9. The molecule has 4 heteroatoms. The van der Waals surface area contributed by atoms with Gasteiger partial charge in [0.25, 0.3) is 0 Å². The molecule has 0 spiro atoms. The van der Waals surface area contributed by atoms with E-state index in [1.807, 2.05) is 4.90 Å². The first-order valence-electron chi connectivity index (χ1n) is 9.30. The SMILES string of the molecule is CCC1(CO)CCN(C(=O)NC(c2ccc(C)cc2)C2CC2)CC1. The first-order valence-corrected chi connectivity index (χ1v) is 9.30. The molecule has 1 aromatic carbocycles. The van der Waals surface area contributed by atoms with Gasteiger partial charge < -0.3 is 15.3 Å². The van der Waals surface area contributed by atoms with Crippen LogP contribution in [-0.2, 0) is 0 Å². The van der Waals surface area contributed by atoms with Crippen LogP contribution in [-0.4, -0.2) is 35.7 Å². The predicted molar refractivity (Wildman–Crippen MR) is 95.8 cm³/mol. The number of urea groups is 1. The van der Waals surface area contributed by atoms with E-state index in [1.54, 1.807) is 0 Å². The summed E-state index contributed by atoms with van der Waals surface area (Å²) in [6, 6.07) is 8.71. The fraction of sp³-hybridized carbons (Fsp3) is 0.650. The lowest BCUT2D eigenvalue weighted by Crippen LogP contribution is -2.49. The normalized spacial score (nSPS) is 21.4. The Morgan fingerprint density at radius 2 is 1.92 bits per heavy atom. The second kappa shape index (κ2) is 7.14. The van der Waals surface area contributed by atoms with Crippen molar-refractivity contribution in [2.75, 3.05) is 19.7 Å². The van der Waals surface area contributed by atoms with Crippen LogP contribution in [0.5, 0.6) is 0 Å². The number of benzene rings is 1. The predicted octanol–water partition coefficient (Wildman–Crippen LogP) is 3.64. The minimum atomic E-state index is 0.0175. The van der Waals surface area contributed by atoms with Gasteiger partial charge in [-0.15, -0.1) is 0 Å².